The number of carbonyl (C=O) groups excluding carboxylic acids is 1. The second-order valence-electron chi connectivity index (χ2n) is 6.55. The Morgan fingerprint density at radius 3 is 1.86 bits per heavy atom. The summed E-state index contributed by atoms with van der Waals surface area (Å²) in [7, 11) is 3.29. The number of methoxy groups -OCH3 is 2. The molecule has 0 unspecified atom stereocenters. The van der Waals surface area contributed by atoms with Gasteiger partial charge < -0.3 is 14.4 Å². The Bertz CT molecular complexity index is 810. The molecular weight excluding hydrogens is 354 g/mol. The number of amides is 1. The molecule has 1 heterocycles. The van der Waals surface area contributed by atoms with Gasteiger partial charge in [0.05, 0.1) is 20.4 Å². The summed E-state index contributed by atoms with van der Waals surface area (Å²) in [6.07, 6.45) is 4.68. The molecule has 146 valence electrons. The van der Waals surface area contributed by atoms with Gasteiger partial charge in [-0.1, -0.05) is 24.3 Å². The number of nitrogens with one attached hydrogen (secondary N) is 1. The summed E-state index contributed by atoms with van der Waals surface area (Å²) in [5, 5.41) is 6.72. The number of rotatable bonds is 9. The molecule has 0 spiro atoms. The molecular formula is C22H25N3O3. The van der Waals surface area contributed by atoms with Crippen molar-refractivity contribution in [1.29, 1.82) is 0 Å². The van der Waals surface area contributed by atoms with Crippen molar-refractivity contribution in [2.24, 2.45) is 0 Å². The van der Waals surface area contributed by atoms with Crippen molar-refractivity contribution in [2.45, 2.75) is 25.9 Å². The van der Waals surface area contributed by atoms with Crippen molar-refractivity contribution in [1.82, 2.24) is 15.1 Å². The average molecular weight is 379 g/mol. The van der Waals surface area contributed by atoms with E-state index in [1.165, 1.54) is 0 Å². The van der Waals surface area contributed by atoms with Crippen LogP contribution in [0.15, 0.2) is 60.9 Å². The monoisotopic (exact) mass is 379 g/mol. The van der Waals surface area contributed by atoms with Gasteiger partial charge >= 0.3 is 0 Å². The molecule has 0 atom stereocenters. The summed E-state index contributed by atoms with van der Waals surface area (Å²) in [5.41, 5.74) is 3.15. The largest absolute Gasteiger partial charge is 0.497 e. The SMILES string of the molecule is COc1ccc(CN(Cc2ccc(OC)cc2)C(=O)CCc2cn[nH]c2)cc1. The Balaban J connectivity index is 1.71. The Morgan fingerprint density at radius 1 is 0.893 bits per heavy atom. The molecule has 0 aliphatic carbocycles. The standard InChI is InChI=1S/C22H25N3O3/c1-27-20-8-3-17(4-9-20)15-25(16-18-5-10-21(28-2)11-6-18)22(26)12-7-19-13-23-24-14-19/h3-6,8-11,13-14H,7,12,15-16H2,1-2H3,(H,23,24). The summed E-state index contributed by atoms with van der Waals surface area (Å²) in [4.78, 5) is 14.8. The molecule has 1 aromatic heterocycles. The number of hydrogen-bond acceptors (Lipinski definition) is 4. The highest BCUT2D eigenvalue weighted by Gasteiger charge is 2.15. The first-order valence-corrected chi connectivity index (χ1v) is 9.19. The minimum atomic E-state index is 0.104. The molecule has 6 heteroatoms. The Morgan fingerprint density at radius 2 is 1.43 bits per heavy atom. The van der Waals surface area contributed by atoms with Crippen LogP contribution in [0.4, 0.5) is 0 Å². The van der Waals surface area contributed by atoms with Gasteiger partial charge in [-0.2, -0.15) is 5.10 Å². The number of hydrogen-bond donors (Lipinski definition) is 1. The normalized spacial score (nSPS) is 10.5. The molecule has 0 aliphatic rings. The first-order chi connectivity index (χ1) is 13.7. The van der Waals surface area contributed by atoms with Crippen LogP contribution in [-0.4, -0.2) is 35.2 Å². The minimum absolute atomic E-state index is 0.104. The fourth-order valence-electron chi connectivity index (χ4n) is 2.96. The quantitative estimate of drug-likeness (QED) is 0.617. The zero-order chi connectivity index (χ0) is 19.8. The van der Waals surface area contributed by atoms with Gasteiger partial charge in [0.15, 0.2) is 0 Å². The second-order valence-corrected chi connectivity index (χ2v) is 6.55. The smallest absolute Gasteiger partial charge is 0.223 e. The maximum Gasteiger partial charge on any atom is 0.223 e. The summed E-state index contributed by atoms with van der Waals surface area (Å²) >= 11 is 0. The predicted octanol–water partition coefficient (Wildman–Crippen LogP) is 3.59. The molecule has 0 saturated carbocycles. The molecule has 1 amide bonds. The van der Waals surface area contributed by atoms with E-state index in [9.17, 15) is 4.79 Å². The van der Waals surface area contributed by atoms with Gasteiger partial charge in [0.1, 0.15) is 11.5 Å². The highest BCUT2D eigenvalue weighted by molar-refractivity contribution is 5.76. The first-order valence-electron chi connectivity index (χ1n) is 9.19. The van der Waals surface area contributed by atoms with E-state index in [1.807, 2.05) is 59.6 Å². The van der Waals surface area contributed by atoms with Crippen LogP contribution < -0.4 is 9.47 Å². The van der Waals surface area contributed by atoms with Crippen LogP contribution >= 0.6 is 0 Å². The van der Waals surface area contributed by atoms with E-state index in [0.29, 0.717) is 25.9 Å². The van der Waals surface area contributed by atoms with Crippen molar-refractivity contribution in [2.75, 3.05) is 14.2 Å². The third kappa shape index (κ3) is 5.36. The van der Waals surface area contributed by atoms with E-state index < -0.39 is 0 Å². The van der Waals surface area contributed by atoms with E-state index in [0.717, 1.165) is 28.2 Å². The lowest BCUT2D eigenvalue weighted by atomic mass is 10.1. The van der Waals surface area contributed by atoms with E-state index in [4.69, 9.17) is 9.47 Å². The molecule has 2 aromatic carbocycles. The van der Waals surface area contributed by atoms with Gasteiger partial charge in [-0.15, -0.1) is 0 Å². The van der Waals surface area contributed by atoms with Crippen LogP contribution in [0.5, 0.6) is 11.5 Å². The molecule has 6 nitrogen and oxygen atoms in total. The Kier molecular flexibility index (Phi) is 6.68. The molecule has 0 aliphatic heterocycles. The van der Waals surface area contributed by atoms with Crippen LogP contribution in [0.3, 0.4) is 0 Å². The van der Waals surface area contributed by atoms with Crippen molar-refractivity contribution in [3.63, 3.8) is 0 Å². The molecule has 1 N–H and O–H groups in total. The van der Waals surface area contributed by atoms with Crippen molar-refractivity contribution in [3.8, 4) is 11.5 Å². The number of carbonyl (C=O) groups is 1. The van der Waals surface area contributed by atoms with Gasteiger partial charge in [-0.25, -0.2) is 0 Å². The zero-order valence-corrected chi connectivity index (χ0v) is 16.2. The lowest BCUT2D eigenvalue weighted by Crippen LogP contribution is -2.30. The molecule has 0 radical (unpaired) electrons. The van der Waals surface area contributed by atoms with Crippen LogP contribution in [-0.2, 0) is 24.3 Å². The van der Waals surface area contributed by atoms with Gasteiger partial charge in [-0.3, -0.25) is 9.89 Å². The van der Waals surface area contributed by atoms with Crippen molar-refractivity contribution in [3.05, 3.63) is 77.6 Å². The maximum absolute atomic E-state index is 12.9. The lowest BCUT2D eigenvalue weighted by molar-refractivity contribution is -0.132. The number of nitrogens with zero attached hydrogens (tertiary/aromatic N) is 2. The predicted molar refractivity (Wildman–Crippen MR) is 107 cm³/mol. The number of ether oxygens (including phenoxy) is 2. The highest BCUT2D eigenvalue weighted by atomic mass is 16.5. The third-order valence-electron chi connectivity index (χ3n) is 4.60. The van der Waals surface area contributed by atoms with Gasteiger partial charge in [0, 0.05) is 25.7 Å². The van der Waals surface area contributed by atoms with E-state index in [2.05, 4.69) is 10.2 Å². The van der Waals surface area contributed by atoms with Crippen LogP contribution in [0.2, 0.25) is 0 Å². The van der Waals surface area contributed by atoms with Crippen molar-refractivity contribution < 1.29 is 14.3 Å². The highest BCUT2D eigenvalue weighted by Crippen LogP contribution is 2.18. The zero-order valence-electron chi connectivity index (χ0n) is 16.2. The molecule has 0 saturated heterocycles. The Hall–Kier alpha value is -3.28. The fourth-order valence-corrected chi connectivity index (χ4v) is 2.96. The van der Waals surface area contributed by atoms with Gasteiger partial charge in [0.25, 0.3) is 0 Å². The van der Waals surface area contributed by atoms with Crippen LogP contribution in [0, 0.1) is 0 Å². The van der Waals surface area contributed by atoms with Gasteiger partial charge in [-0.05, 0) is 47.4 Å². The molecule has 0 bridgehead atoms. The fraction of sp³-hybridized carbons (Fsp3) is 0.273. The number of aromatic amines is 1. The summed E-state index contributed by atoms with van der Waals surface area (Å²) in [6.45, 7) is 1.08. The van der Waals surface area contributed by atoms with E-state index in [-0.39, 0.29) is 5.91 Å². The number of aryl methyl sites for hydroxylation is 1. The summed E-state index contributed by atoms with van der Waals surface area (Å²) in [6, 6.07) is 15.6. The van der Waals surface area contributed by atoms with E-state index >= 15 is 0 Å². The maximum atomic E-state index is 12.9. The van der Waals surface area contributed by atoms with Crippen LogP contribution in [0.1, 0.15) is 23.1 Å². The topological polar surface area (TPSA) is 67.5 Å². The summed E-state index contributed by atoms with van der Waals surface area (Å²) < 4.78 is 10.4. The first kappa shape index (κ1) is 19.5. The Labute approximate surface area is 165 Å². The minimum Gasteiger partial charge on any atom is -0.497 e. The number of aromatic nitrogens is 2. The van der Waals surface area contributed by atoms with Crippen LogP contribution in [0.25, 0.3) is 0 Å². The summed E-state index contributed by atoms with van der Waals surface area (Å²) in [5.74, 6) is 1.71. The van der Waals surface area contributed by atoms with E-state index in [1.54, 1.807) is 20.4 Å². The average Bonchev–Trinajstić information content (AvgIpc) is 3.26. The molecule has 0 fully saturated rings. The number of H-pyrrole nitrogens is 1. The molecule has 3 aromatic rings. The van der Waals surface area contributed by atoms with Crippen molar-refractivity contribution >= 4 is 5.91 Å². The molecule has 3 rings (SSSR count). The van der Waals surface area contributed by atoms with Gasteiger partial charge in [0.2, 0.25) is 5.91 Å². The lowest BCUT2D eigenvalue weighted by Gasteiger charge is -2.23. The number of benzene rings is 2. The molecule has 28 heavy (non-hydrogen) atoms. The second kappa shape index (κ2) is 9.60. The third-order valence-corrected chi connectivity index (χ3v) is 4.60.